The van der Waals surface area contributed by atoms with Crippen LogP contribution >= 0.6 is 15.9 Å². The van der Waals surface area contributed by atoms with Gasteiger partial charge in [0.2, 0.25) is 0 Å². The highest BCUT2D eigenvalue weighted by Crippen LogP contribution is 2.23. The fraction of sp³-hybridized carbons (Fsp3) is 0.0769. The summed E-state index contributed by atoms with van der Waals surface area (Å²) in [5.74, 6) is -0.683. The molecule has 0 atom stereocenters. The van der Waals surface area contributed by atoms with Crippen LogP contribution in [-0.2, 0) is 0 Å². The zero-order valence-corrected chi connectivity index (χ0v) is 11.2. The number of ketones is 1. The summed E-state index contributed by atoms with van der Waals surface area (Å²) >= 11 is 3.22. The molecule has 0 bridgehead atoms. The Balaban J connectivity index is 2.54. The molecule has 0 aliphatic heterocycles. The molecule has 3 nitrogen and oxygen atoms in total. The van der Waals surface area contributed by atoms with Gasteiger partial charge < -0.3 is 5.73 Å². The Labute approximate surface area is 112 Å². The van der Waals surface area contributed by atoms with Gasteiger partial charge in [-0.2, -0.15) is 0 Å². The number of hydrogen-bond donors (Lipinski definition) is 1. The monoisotopic (exact) mass is 308 g/mol. The van der Waals surface area contributed by atoms with E-state index in [2.05, 4.69) is 20.9 Å². The number of benzene rings is 1. The second-order valence-electron chi connectivity index (χ2n) is 3.90. The van der Waals surface area contributed by atoms with Crippen molar-refractivity contribution in [1.82, 2.24) is 4.98 Å². The number of hydrogen-bond acceptors (Lipinski definition) is 3. The van der Waals surface area contributed by atoms with Crippen LogP contribution in [0, 0.1) is 12.7 Å². The van der Waals surface area contributed by atoms with Crippen LogP contribution < -0.4 is 5.73 Å². The van der Waals surface area contributed by atoms with Gasteiger partial charge in [0.15, 0.2) is 5.78 Å². The van der Waals surface area contributed by atoms with E-state index in [-0.39, 0.29) is 22.7 Å². The van der Waals surface area contributed by atoms with E-state index in [1.54, 1.807) is 12.3 Å². The van der Waals surface area contributed by atoms with Crippen molar-refractivity contribution in [2.75, 3.05) is 5.73 Å². The molecule has 1 heterocycles. The van der Waals surface area contributed by atoms with Crippen LogP contribution in [0.25, 0.3) is 0 Å². The number of aromatic nitrogens is 1. The summed E-state index contributed by atoms with van der Waals surface area (Å²) < 4.78 is 13.7. The number of halogens is 2. The molecule has 0 unspecified atom stereocenters. The molecule has 1 aromatic carbocycles. The highest BCUT2D eigenvalue weighted by Gasteiger charge is 2.17. The van der Waals surface area contributed by atoms with Crippen LogP contribution in [0.5, 0.6) is 0 Å². The van der Waals surface area contributed by atoms with Crippen molar-refractivity contribution in [3.8, 4) is 0 Å². The number of nitrogen functional groups attached to an aromatic ring is 1. The molecule has 2 rings (SSSR count). The molecule has 0 spiro atoms. The van der Waals surface area contributed by atoms with Crippen LogP contribution in [-0.4, -0.2) is 10.8 Å². The largest absolute Gasteiger partial charge is 0.383 e. The predicted octanol–water partition coefficient (Wildman–Crippen LogP) is 3.10. The van der Waals surface area contributed by atoms with E-state index in [4.69, 9.17) is 5.73 Å². The average molecular weight is 309 g/mol. The van der Waals surface area contributed by atoms with Crippen molar-refractivity contribution in [2.45, 2.75) is 6.92 Å². The van der Waals surface area contributed by atoms with Gasteiger partial charge in [-0.1, -0.05) is 15.9 Å². The van der Waals surface area contributed by atoms with Crippen molar-refractivity contribution in [2.24, 2.45) is 0 Å². The van der Waals surface area contributed by atoms with E-state index in [0.29, 0.717) is 4.47 Å². The van der Waals surface area contributed by atoms with E-state index < -0.39 is 5.82 Å². The molecule has 0 amide bonds. The summed E-state index contributed by atoms with van der Waals surface area (Å²) in [5.41, 5.74) is 7.00. The average Bonchev–Trinajstić information content (AvgIpc) is 2.34. The second-order valence-corrected chi connectivity index (χ2v) is 4.75. The first-order valence-electron chi connectivity index (χ1n) is 5.21. The fourth-order valence-electron chi connectivity index (χ4n) is 1.58. The Morgan fingerprint density at radius 1 is 1.33 bits per heavy atom. The van der Waals surface area contributed by atoms with Gasteiger partial charge >= 0.3 is 0 Å². The topological polar surface area (TPSA) is 56.0 Å². The number of nitrogens with zero attached hydrogens (tertiary/aromatic N) is 1. The lowest BCUT2D eigenvalue weighted by atomic mass is 10.0. The number of pyridine rings is 1. The van der Waals surface area contributed by atoms with Crippen molar-refractivity contribution in [3.63, 3.8) is 0 Å². The van der Waals surface area contributed by atoms with Crippen LogP contribution in [0.2, 0.25) is 0 Å². The van der Waals surface area contributed by atoms with Gasteiger partial charge in [0.1, 0.15) is 11.6 Å². The lowest BCUT2D eigenvalue weighted by Crippen LogP contribution is -2.08. The van der Waals surface area contributed by atoms with E-state index in [1.807, 2.05) is 6.92 Å². The van der Waals surface area contributed by atoms with E-state index in [0.717, 1.165) is 5.56 Å². The van der Waals surface area contributed by atoms with Crippen LogP contribution in [0.1, 0.15) is 21.5 Å². The lowest BCUT2D eigenvalue weighted by Gasteiger charge is -2.07. The summed E-state index contributed by atoms with van der Waals surface area (Å²) in [6.45, 7) is 1.81. The maximum absolute atomic E-state index is 13.2. The Hall–Kier alpha value is -1.75. The zero-order chi connectivity index (χ0) is 13.3. The van der Waals surface area contributed by atoms with Gasteiger partial charge in [0.05, 0.1) is 5.56 Å². The van der Waals surface area contributed by atoms with Gasteiger partial charge in [-0.15, -0.1) is 0 Å². The predicted molar refractivity (Wildman–Crippen MR) is 70.9 cm³/mol. The van der Waals surface area contributed by atoms with Crippen molar-refractivity contribution in [3.05, 3.63) is 57.4 Å². The van der Waals surface area contributed by atoms with Gasteiger partial charge in [0.25, 0.3) is 0 Å². The number of carbonyl (C=O) groups excluding carboxylic acids is 1. The minimum Gasteiger partial charge on any atom is -0.383 e. The molecule has 2 N–H and O–H groups in total. The van der Waals surface area contributed by atoms with Crippen LogP contribution in [0.15, 0.2) is 34.9 Å². The highest BCUT2D eigenvalue weighted by atomic mass is 79.9. The molecule has 1 aromatic heterocycles. The Kier molecular flexibility index (Phi) is 3.43. The first kappa shape index (κ1) is 12.7. The lowest BCUT2D eigenvalue weighted by molar-refractivity contribution is 0.103. The molecule has 0 saturated heterocycles. The number of carbonyl (C=O) groups is 1. The molecule has 0 aliphatic carbocycles. The van der Waals surface area contributed by atoms with Crippen LogP contribution in [0.4, 0.5) is 10.2 Å². The Bertz CT molecular complexity index is 575. The molecule has 0 saturated carbocycles. The summed E-state index contributed by atoms with van der Waals surface area (Å²) in [7, 11) is 0. The molecule has 18 heavy (non-hydrogen) atoms. The third-order valence-corrected chi connectivity index (χ3v) is 3.16. The van der Waals surface area contributed by atoms with Gasteiger partial charge in [-0.3, -0.25) is 4.79 Å². The van der Waals surface area contributed by atoms with Crippen molar-refractivity contribution < 1.29 is 9.18 Å². The van der Waals surface area contributed by atoms with E-state index >= 15 is 0 Å². The van der Waals surface area contributed by atoms with Crippen molar-refractivity contribution in [1.29, 1.82) is 0 Å². The number of nitrogens with two attached hydrogens (primary N) is 1. The van der Waals surface area contributed by atoms with E-state index in [9.17, 15) is 9.18 Å². The first-order chi connectivity index (χ1) is 8.49. The molecular weight excluding hydrogens is 299 g/mol. The maximum Gasteiger partial charge on any atom is 0.197 e. The molecule has 0 aliphatic rings. The molecule has 2 aromatic rings. The molecule has 5 heteroatoms. The highest BCUT2D eigenvalue weighted by molar-refractivity contribution is 9.10. The fourth-order valence-corrected chi connectivity index (χ4v) is 2.00. The third kappa shape index (κ3) is 2.41. The first-order valence-corrected chi connectivity index (χ1v) is 6.00. The Morgan fingerprint density at radius 2 is 2.06 bits per heavy atom. The Morgan fingerprint density at radius 3 is 2.78 bits per heavy atom. The third-order valence-electron chi connectivity index (χ3n) is 2.47. The smallest absolute Gasteiger partial charge is 0.197 e. The second kappa shape index (κ2) is 4.86. The molecule has 92 valence electrons. The zero-order valence-electron chi connectivity index (χ0n) is 9.58. The number of rotatable bonds is 2. The quantitative estimate of drug-likeness (QED) is 0.867. The normalized spacial score (nSPS) is 10.4. The standard InChI is InChI=1S/C13H10BrFN2O/c1-7-4-10(13(16)17-6-7)12(18)9-5-8(15)2-3-11(9)14/h2-6H,1H3,(H2,16,17). The minimum absolute atomic E-state index is 0.141. The summed E-state index contributed by atoms with van der Waals surface area (Å²) in [6, 6.07) is 5.58. The van der Waals surface area contributed by atoms with Crippen LogP contribution in [0.3, 0.4) is 0 Å². The number of anilines is 1. The van der Waals surface area contributed by atoms with Gasteiger partial charge in [-0.05, 0) is 36.8 Å². The maximum atomic E-state index is 13.2. The van der Waals surface area contributed by atoms with Gasteiger partial charge in [-0.25, -0.2) is 9.37 Å². The molecule has 0 radical (unpaired) electrons. The summed E-state index contributed by atoms with van der Waals surface area (Å²) in [4.78, 5) is 16.2. The van der Waals surface area contributed by atoms with Gasteiger partial charge in [0, 0.05) is 16.2 Å². The molecular formula is C13H10BrFN2O. The summed E-state index contributed by atoms with van der Waals surface area (Å²) in [6.07, 6.45) is 1.58. The summed E-state index contributed by atoms with van der Waals surface area (Å²) in [5, 5.41) is 0. The molecule has 0 fully saturated rings. The SMILES string of the molecule is Cc1cnc(N)c(C(=O)c2cc(F)ccc2Br)c1. The number of aryl methyl sites for hydroxylation is 1. The van der Waals surface area contributed by atoms with E-state index in [1.165, 1.54) is 18.2 Å². The minimum atomic E-state index is -0.472. The van der Waals surface area contributed by atoms with Crippen molar-refractivity contribution >= 4 is 27.5 Å².